The molecular formula is C17H17NO5. The summed E-state index contributed by atoms with van der Waals surface area (Å²) in [5.74, 6) is 1.67. The number of rotatable bonds is 4. The Morgan fingerprint density at radius 3 is 2.74 bits per heavy atom. The Labute approximate surface area is 133 Å². The van der Waals surface area contributed by atoms with Gasteiger partial charge >= 0.3 is 0 Å². The fourth-order valence-corrected chi connectivity index (χ4v) is 2.51. The summed E-state index contributed by atoms with van der Waals surface area (Å²) in [6.07, 6.45) is -0.347. The van der Waals surface area contributed by atoms with Crippen LogP contribution in [0.3, 0.4) is 0 Å². The Hall–Kier alpha value is -2.89. The lowest BCUT2D eigenvalue weighted by Gasteiger charge is -2.26. The molecule has 2 N–H and O–H groups in total. The zero-order valence-electron chi connectivity index (χ0n) is 12.8. The molecule has 0 bridgehead atoms. The molecule has 0 aromatic heterocycles. The minimum Gasteiger partial charge on any atom is -0.508 e. The first kappa shape index (κ1) is 15.0. The number of ether oxygens (including phenoxy) is 3. The van der Waals surface area contributed by atoms with Crippen molar-refractivity contribution in [2.75, 3.05) is 19.5 Å². The van der Waals surface area contributed by atoms with E-state index in [1.807, 2.05) is 6.07 Å². The van der Waals surface area contributed by atoms with Crippen molar-refractivity contribution in [1.82, 2.24) is 0 Å². The molecule has 6 nitrogen and oxygen atoms in total. The Balaban J connectivity index is 1.86. The molecule has 1 amide bonds. The van der Waals surface area contributed by atoms with E-state index in [2.05, 4.69) is 5.32 Å². The van der Waals surface area contributed by atoms with E-state index in [-0.39, 0.29) is 11.7 Å². The van der Waals surface area contributed by atoms with Crippen LogP contribution in [0.5, 0.6) is 23.0 Å². The molecule has 23 heavy (non-hydrogen) atoms. The standard InChI is InChI=1S/C17H17NO5/c1-21-12-4-6-14(22-2)10(7-12)8-16-17(20)18-13-9-11(19)3-5-15(13)23-16/h3-7,9,16,19H,8H2,1-2H3,(H,18,20). The summed E-state index contributed by atoms with van der Waals surface area (Å²) in [6.45, 7) is 0. The number of anilines is 1. The summed E-state index contributed by atoms with van der Waals surface area (Å²) in [5, 5.41) is 12.2. The number of carbonyl (C=O) groups excluding carboxylic acids is 1. The number of hydrogen-bond donors (Lipinski definition) is 2. The first-order valence-corrected chi connectivity index (χ1v) is 7.12. The molecule has 2 aromatic rings. The average molecular weight is 315 g/mol. The van der Waals surface area contributed by atoms with Gasteiger partial charge in [-0.3, -0.25) is 4.79 Å². The van der Waals surface area contributed by atoms with Crippen LogP contribution in [0.4, 0.5) is 5.69 Å². The number of aromatic hydroxyl groups is 1. The number of methoxy groups -OCH3 is 2. The van der Waals surface area contributed by atoms with E-state index in [9.17, 15) is 9.90 Å². The van der Waals surface area contributed by atoms with Gasteiger partial charge in [-0.15, -0.1) is 0 Å². The van der Waals surface area contributed by atoms with Crippen LogP contribution in [0.1, 0.15) is 5.56 Å². The molecule has 1 heterocycles. The third-order valence-corrected chi connectivity index (χ3v) is 3.68. The van der Waals surface area contributed by atoms with Crippen LogP contribution in [0.2, 0.25) is 0 Å². The van der Waals surface area contributed by atoms with Crippen molar-refractivity contribution in [2.24, 2.45) is 0 Å². The van der Waals surface area contributed by atoms with Gasteiger partial charge in [0.15, 0.2) is 6.10 Å². The maximum atomic E-state index is 12.2. The molecule has 0 spiro atoms. The third kappa shape index (κ3) is 3.01. The molecule has 6 heteroatoms. The van der Waals surface area contributed by atoms with Crippen molar-refractivity contribution in [3.8, 4) is 23.0 Å². The number of benzene rings is 2. The van der Waals surface area contributed by atoms with Crippen LogP contribution in [0.15, 0.2) is 36.4 Å². The summed E-state index contributed by atoms with van der Waals surface area (Å²) in [6, 6.07) is 10.00. The van der Waals surface area contributed by atoms with Gasteiger partial charge in [0.05, 0.1) is 19.9 Å². The molecule has 3 rings (SSSR count). The second-order valence-corrected chi connectivity index (χ2v) is 5.16. The van der Waals surface area contributed by atoms with Crippen molar-refractivity contribution in [3.63, 3.8) is 0 Å². The number of nitrogens with one attached hydrogen (secondary N) is 1. The monoisotopic (exact) mass is 315 g/mol. The smallest absolute Gasteiger partial charge is 0.265 e. The summed E-state index contributed by atoms with van der Waals surface area (Å²) < 4.78 is 16.3. The highest BCUT2D eigenvalue weighted by Crippen LogP contribution is 2.34. The fraction of sp³-hybridized carbons (Fsp3) is 0.235. The zero-order valence-corrected chi connectivity index (χ0v) is 12.8. The predicted molar refractivity (Wildman–Crippen MR) is 84.4 cm³/mol. The molecule has 1 aliphatic rings. The first-order valence-electron chi connectivity index (χ1n) is 7.12. The van der Waals surface area contributed by atoms with Crippen molar-refractivity contribution >= 4 is 11.6 Å². The zero-order chi connectivity index (χ0) is 16.4. The van der Waals surface area contributed by atoms with E-state index in [0.717, 1.165) is 5.56 Å². The van der Waals surface area contributed by atoms with Crippen LogP contribution in [0, 0.1) is 0 Å². The SMILES string of the molecule is COc1ccc(OC)c(CC2Oc3ccc(O)cc3NC2=O)c1. The van der Waals surface area contributed by atoms with Gasteiger partial charge in [0.2, 0.25) is 0 Å². The first-order chi connectivity index (χ1) is 11.1. The van der Waals surface area contributed by atoms with Gasteiger partial charge < -0.3 is 24.6 Å². The van der Waals surface area contributed by atoms with Gasteiger partial charge in [-0.25, -0.2) is 0 Å². The third-order valence-electron chi connectivity index (χ3n) is 3.68. The second-order valence-electron chi connectivity index (χ2n) is 5.16. The Kier molecular flexibility index (Phi) is 3.97. The van der Waals surface area contributed by atoms with Gasteiger partial charge in [0, 0.05) is 18.1 Å². The highest BCUT2D eigenvalue weighted by molar-refractivity contribution is 5.98. The molecule has 0 fully saturated rings. The maximum Gasteiger partial charge on any atom is 0.265 e. The normalized spacial score (nSPS) is 16.1. The van der Waals surface area contributed by atoms with Crippen LogP contribution < -0.4 is 19.5 Å². The highest BCUT2D eigenvalue weighted by atomic mass is 16.5. The quantitative estimate of drug-likeness (QED) is 0.905. The average Bonchev–Trinajstić information content (AvgIpc) is 2.55. The van der Waals surface area contributed by atoms with Crippen LogP contribution in [-0.2, 0) is 11.2 Å². The molecule has 0 saturated heterocycles. The topological polar surface area (TPSA) is 77.0 Å². The van der Waals surface area contributed by atoms with Crippen LogP contribution >= 0.6 is 0 Å². The molecule has 0 radical (unpaired) electrons. The van der Waals surface area contributed by atoms with E-state index in [0.29, 0.717) is 29.4 Å². The number of hydrogen-bond acceptors (Lipinski definition) is 5. The van der Waals surface area contributed by atoms with E-state index in [4.69, 9.17) is 14.2 Å². The number of phenols is 1. The maximum absolute atomic E-state index is 12.2. The van der Waals surface area contributed by atoms with Crippen molar-refractivity contribution < 1.29 is 24.1 Å². The summed E-state index contributed by atoms with van der Waals surface area (Å²) in [4.78, 5) is 12.2. The summed E-state index contributed by atoms with van der Waals surface area (Å²) in [5.41, 5.74) is 1.28. The highest BCUT2D eigenvalue weighted by Gasteiger charge is 2.29. The molecule has 1 unspecified atom stereocenters. The van der Waals surface area contributed by atoms with E-state index < -0.39 is 6.10 Å². The van der Waals surface area contributed by atoms with Crippen molar-refractivity contribution in [1.29, 1.82) is 0 Å². The number of amides is 1. The minimum absolute atomic E-state index is 0.0700. The molecule has 0 aliphatic carbocycles. The lowest BCUT2D eigenvalue weighted by Crippen LogP contribution is -2.38. The van der Waals surface area contributed by atoms with Gasteiger partial charge in [0.1, 0.15) is 23.0 Å². The Morgan fingerprint density at radius 2 is 2.00 bits per heavy atom. The number of phenolic OH excluding ortho intramolecular Hbond substituents is 1. The van der Waals surface area contributed by atoms with Crippen molar-refractivity contribution in [2.45, 2.75) is 12.5 Å². The summed E-state index contributed by atoms with van der Waals surface area (Å²) in [7, 11) is 3.16. The minimum atomic E-state index is -0.687. The number of fused-ring (bicyclic) bond motifs is 1. The van der Waals surface area contributed by atoms with Gasteiger partial charge in [-0.05, 0) is 30.3 Å². The van der Waals surface area contributed by atoms with E-state index in [1.54, 1.807) is 32.4 Å². The Bertz CT molecular complexity index is 744. The Morgan fingerprint density at radius 1 is 1.17 bits per heavy atom. The molecule has 1 aliphatic heterocycles. The lowest BCUT2D eigenvalue weighted by atomic mass is 10.0. The molecular weight excluding hydrogens is 298 g/mol. The number of carbonyl (C=O) groups is 1. The van der Waals surface area contributed by atoms with E-state index in [1.165, 1.54) is 12.1 Å². The second kappa shape index (κ2) is 6.08. The van der Waals surface area contributed by atoms with Gasteiger partial charge in [0.25, 0.3) is 5.91 Å². The van der Waals surface area contributed by atoms with Gasteiger partial charge in [-0.1, -0.05) is 0 Å². The van der Waals surface area contributed by atoms with Crippen LogP contribution in [-0.4, -0.2) is 31.3 Å². The van der Waals surface area contributed by atoms with Crippen molar-refractivity contribution in [3.05, 3.63) is 42.0 Å². The van der Waals surface area contributed by atoms with E-state index >= 15 is 0 Å². The van der Waals surface area contributed by atoms with Crippen LogP contribution in [0.25, 0.3) is 0 Å². The molecule has 1 atom stereocenters. The molecule has 0 saturated carbocycles. The molecule has 2 aromatic carbocycles. The van der Waals surface area contributed by atoms with Gasteiger partial charge in [-0.2, -0.15) is 0 Å². The fourth-order valence-electron chi connectivity index (χ4n) is 2.51. The summed E-state index contributed by atoms with van der Waals surface area (Å²) >= 11 is 0. The molecule has 120 valence electrons. The predicted octanol–water partition coefficient (Wildman–Crippen LogP) is 2.35. The lowest BCUT2D eigenvalue weighted by molar-refractivity contribution is -0.123. The largest absolute Gasteiger partial charge is 0.508 e.